The van der Waals surface area contributed by atoms with E-state index in [2.05, 4.69) is 5.73 Å². The highest BCUT2D eigenvalue weighted by molar-refractivity contribution is 7.91. The molecule has 12 heavy (non-hydrogen) atoms. The van der Waals surface area contributed by atoms with E-state index in [-0.39, 0.29) is 17.5 Å². The maximum atomic E-state index is 11.0. The number of hydrogen-bond donors (Lipinski definition) is 3. The smallest absolute Gasteiger partial charge is 0.159 e. The van der Waals surface area contributed by atoms with Crippen molar-refractivity contribution in [1.82, 2.24) is 0 Å². The Morgan fingerprint density at radius 3 is 2.58 bits per heavy atom. The largest absolute Gasteiger partial charge is 0.386 e. The van der Waals surface area contributed by atoms with Crippen molar-refractivity contribution in [2.75, 3.05) is 24.6 Å². The van der Waals surface area contributed by atoms with Crippen molar-refractivity contribution in [3.05, 3.63) is 0 Å². The van der Waals surface area contributed by atoms with Crippen LogP contribution in [0.1, 0.15) is 0 Å². The van der Waals surface area contributed by atoms with Gasteiger partial charge in [-0.15, -0.1) is 0 Å². The van der Waals surface area contributed by atoms with Crippen LogP contribution in [0, 0.1) is 0 Å². The van der Waals surface area contributed by atoms with Gasteiger partial charge in [0.25, 0.3) is 0 Å². The minimum atomic E-state index is -2.98. The first-order chi connectivity index (χ1) is 5.55. The van der Waals surface area contributed by atoms with Crippen molar-refractivity contribution in [1.29, 1.82) is 0 Å². The Morgan fingerprint density at radius 2 is 2.17 bits per heavy atom. The van der Waals surface area contributed by atoms with E-state index in [4.69, 9.17) is 0 Å². The predicted molar refractivity (Wildman–Crippen MR) is 43.0 cm³/mol. The molecule has 0 bridgehead atoms. The van der Waals surface area contributed by atoms with Crippen molar-refractivity contribution in [2.24, 2.45) is 0 Å². The van der Waals surface area contributed by atoms with Gasteiger partial charge in [0, 0.05) is 0 Å². The van der Waals surface area contributed by atoms with E-state index in [1.807, 2.05) is 5.32 Å². The van der Waals surface area contributed by atoms with Crippen LogP contribution in [0.4, 0.5) is 0 Å². The summed E-state index contributed by atoms with van der Waals surface area (Å²) in [6, 6.07) is -0.170. The number of quaternary nitrogens is 2. The highest BCUT2D eigenvalue weighted by Gasteiger charge is 2.38. The SMILES string of the molecule is [NH3+]CC[NH2+][C@@H]1CS(=O)(=O)C[C@H]1O. The van der Waals surface area contributed by atoms with Gasteiger partial charge in [-0.1, -0.05) is 0 Å². The third kappa shape index (κ3) is 2.41. The summed E-state index contributed by atoms with van der Waals surface area (Å²) < 4.78 is 22.0. The molecule has 1 fully saturated rings. The zero-order valence-corrected chi connectivity index (χ0v) is 7.76. The third-order valence-electron chi connectivity index (χ3n) is 2.04. The second-order valence-electron chi connectivity index (χ2n) is 3.19. The van der Waals surface area contributed by atoms with Crippen LogP contribution in [0.15, 0.2) is 0 Å². The summed E-state index contributed by atoms with van der Waals surface area (Å²) in [6.45, 7) is 1.53. The molecule has 0 aromatic carbocycles. The van der Waals surface area contributed by atoms with E-state index in [9.17, 15) is 13.5 Å². The summed E-state index contributed by atoms with van der Waals surface area (Å²) in [6.07, 6.45) is -0.693. The monoisotopic (exact) mass is 196 g/mol. The van der Waals surface area contributed by atoms with Gasteiger partial charge in [0.2, 0.25) is 0 Å². The highest BCUT2D eigenvalue weighted by Crippen LogP contribution is 2.08. The van der Waals surface area contributed by atoms with Gasteiger partial charge < -0.3 is 16.2 Å². The van der Waals surface area contributed by atoms with Gasteiger partial charge >= 0.3 is 0 Å². The molecule has 0 spiro atoms. The normalized spacial score (nSPS) is 33.8. The van der Waals surface area contributed by atoms with Gasteiger partial charge in [-0.25, -0.2) is 8.42 Å². The molecule has 0 aliphatic carbocycles. The molecule has 2 atom stereocenters. The molecule has 0 aromatic heterocycles. The first kappa shape index (κ1) is 9.91. The van der Waals surface area contributed by atoms with E-state index in [1.165, 1.54) is 0 Å². The van der Waals surface area contributed by atoms with Gasteiger partial charge in [0.15, 0.2) is 9.84 Å². The Hall–Kier alpha value is -0.170. The average molecular weight is 196 g/mol. The van der Waals surface area contributed by atoms with Crippen LogP contribution in [0.25, 0.3) is 0 Å². The zero-order valence-electron chi connectivity index (χ0n) is 6.94. The second kappa shape index (κ2) is 3.69. The molecule has 1 saturated heterocycles. The summed E-state index contributed by atoms with van der Waals surface area (Å²) in [5.41, 5.74) is 3.65. The molecule has 1 rings (SSSR count). The molecule has 6 N–H and O–H groups in total. The first-order valence-electron chi connectivity index (χ1n) is 4.06. The number of nitrogens with two attached hydrogens (primary N) is 1. The second-order valence-corrected chi connectivity index (χ2v) is 5.34. The molecular formula is C6H16N2O3S+2. The molecule has 72 valence electrons. The number of hydrogen-bond acceptors (Lipinski definition) is 3. The first-order valence-corrected chi connectivity index (χ1v) is 5.88. The summed E-state index contributed by atoms with van der Waals surface area (Å²) in [5.74, 6) is 0.0273. The van der Waals surface area contributed by atoms with Crippen LogP contribution in [-0.4, -0.2) is 50.3 Å². The molecule has 0 amide bonds. The number of aliphatic hydroxyl groups is 1. The Balaban J connectivity index is 2.47. The topological polar surface area (TPSA) is 98.6 Å². The minimum absolute atomic E-state index is 0.0781. The average Bonchev–Trinajstić information content (AvgIpc) is 2.20. The maximum Gasteiger partial charge on any atom is 0.159 e. The Morgan fingerprint density at radius 1 is 1.50 bits per heavy atom. The van der Waals surface area contributed by atoms with Crippen molar-refractivity contribution in [2.45, 2.75) is 12.1 Å². The molecule has 0 aromatic rings. The summed E-state index contributed by atoms with van der Waals surface area (Å²) in [4.78, 5) is 0. The van der Waals surface area contributed by atoms with Crippen molar-refractivity contribution >= 4 is 9.84 Å². The van der Waals surface area contributed by atoms with Crippen LogP contribution < -0.4 is 11.1 Å². The van der Waals surface area contributed by atoms with E-state index in [1.54, 1.807) is 0 Å². The molecular weight excluding hydrogens is 180 g/mol. The summed E-state index contributed by atoms with van der Waals surface area (Å²) >= 11 is 0. The maximum absolute atomic E-state index is 11.0. The summed E-state index contributed by atoms with van der Waals surface area (Å²) in [5, 5.41) is 11.2. The minimum Gasteiger partial charge on any atom is -0.386 e. The molecule has 1 aliphatic heterocycles. The Kier molecular flexibility index (Phi) is 3.05. The van der Waals surface area contributed by atoms with Crippen molar-refractivity contribution in [3.63, 3.8) is 0 Å². The van der Waals surface area contributed by atoms with Crippen molar-refractivity contribution < 1.29 is 24.6 Å². The fourth-order valence-corrected chi connectivity index (χ4v) is 3.26. The van der Waals surface area contributed by atoms with Gasteiger partial charge in [-0.2, -0.15) is 0 Å². The fourth-order valence-electron chi connectivity index (χ4n) is 1.41. The van der Waals surface area contributed by atoms with Gasteiger partial charge in [-0.3, -0.25) is 0 Å². The van der Waals surface area contributed by atoms with E-state index in [0.29, 0.717) is 0 Å². The lowest BCUT2D eigenvalue weighted by Crippen LogP contribution is -2.95. The van der Waals surface area contributed by atoms with Crippen LogP contribution >= 0.6 is 0 Å². The van der Waals surface area contributed by atoms with E-state index < -0.39 is 15.9 Å². The Bertz CT molecular complexity index is 239. The number of sulfone groups is 1. The van der Waals surface area contributed by atoms with Crippen LogP contribution in [-0.2, 0) is 9.84 Å². The van der Waals surface area contributed by atoms with Gasteiger partial charge in [-0.05, 0) is 0 Å². The zero-order chi connectivity index (χ0) is 9.19. The lowest BCUT2D eigenvalue weighted by molar-refractivity contribution is -0.702. The van der Waals surface area contributed by atoms with Crippen LogP contribution in [0.2, 0.25) is 0 Å². The fraction of sp³-hybridized carbons (Fsp3) is 1.00. The summed E-state index contributed by atoms with van der Waals surface area (Å²) in [7, 11) is -2.98. The standard InChI is InChI=1S/C6H14N2O3S/c7-1-2-8-5-3-12(10,11)4-6(5)9/h5-6,8-9H,1-4,7H2/p+2/t5-,6-/m1/s1. The molecule has 0 radical (unpaired) electrons. The van der Waals surface area contributed by atoms with E-state index >= 15 is 0 Å². The molecule has 5 nitrogen and oxygen atoms in total. The van der Waals surface area contributed by atoms with Crippen LogP contribution in [0.5, 0.6) is 0 Å². The number of rotatable bonds is 3. The molecule has 1 heterocycles. The lowest BCUT2D eigenvalue weighted by atomic mass is 10.2. The van der Waals surface area contributed by atoms with Gasteiger partial charge in [0.05, 0.1) is 5.75 Å². The highest BCUT2D eigenvalue weighted by atomic mass is 32.2. The van der Waals surface area contributed by atoms with Crippen LogP contribution in [0.3, 0.4) is 0 Å². The predicted octanol–water partition coefficient (Wildman–Crippen LogP) is -4.05. The quantitative estimate of drug-likeness (QED) is 0.428. The van der Waals surface area contributed by atoms with Crippen molar-refractivity contribution in [3.8, 4) is 0 Å². The molecule has 0 unspecified atom stereocenters. The molecule has 1 aliphatic rings. The van der Waals surface area contributed by atoms with E-state index in [0.717, 1.165) is 13.1 Å². The number of aliphatic hydroxyl groups excluding tert-OH is 1. The third-order valence-corrected chi connectivity index (χ3v) is 3.78. The Labute approximate surface area is 71.9 Å². The molecule has 6 heteroatoms. The molecule has 0 saturated carbocycles. The van der Waals surface area contributed by atoms with Gasteiger partial charge in [0.1, 0.15) is 31.0 Å². The lowest BCUT2D eigenvalue weighted by Gasteiger charge is -2.09.